The van der Waals surface area contributed by atoms with Crippen LogP contribution in [0.25, 0.3) is 11.6 Å². The highest BCUT2D eigenvalue weighted by Crippen LogP contribution is 2.41. The number of nitrogens with zero attached hydrogens (tertiary/aromatic N) is 1. The van der Waals surface area contributed by atoms with Crippen molar-refractivity contribution in [1.29, 1.82) is 0 Å². The van der Waals surface area contributed by atoms with Gasteiger partial charge in [0.25, 0.3) is 10.0 Å². The van der Waals surface area contributed by atoms with E-state index in [4.69, 9.17) is 22.1 Å². The lowest BCUT2D eigenvalue weighted by Crippen LogP contribution is -2.46. The van der Waals surface area contributed by atoms with E-state index in [1.165, 1.54) is 30.3 Å². The molecule has 0 aromatic heterocycles. The minimum absolute atomic E-state index is 0.0705. The predicted molar refractivity (Wildman–Crippen MR) is 145 cm³/mol. The largest absolute Gasteiger partial charge is 0.486 e. The summed E-state index contributed by atoms with van der Waals surface area (Å²) >= 11 is 6.18. The minimum atomic E-state index is -4.75. The summed E-state index contributed by atoms with van der Waals surface area (Å²) in [6.45, 7) is 3.01. The number of rotatable bonds is 7. The summed E-state index contributed by atoms with van der Waals surface area (Å²) in [6, 6.07) is 12.3. The molecule has 1 aliphatic heterocycles. The zero-order valence-electron chi connectivity index (χ0n) is 21.4. The van der Waals surface area contributed by atoms with Crippen molar-refractivity contribution in [2.24, 2.45) is 11.7 Å². The third-order valence-corrected chi connectivity index (χ3v) is 8.61. The number of anilines is 1. The third kappa shape index (κ3) is 6.10. The van der Waals surface area contributed by atoms with Crippen molar-refractivity contribution in [2.45, 2.75) is 37.4 Å². The summed E-state index contributed by atoms with van der Waals surface area (Å²) < 4.78 is 89.2. The molecular formula is C28H25ClF4N2O4S. The summed E-state index contributed by atoms with van der Waals surface area (Å²) in [5.74, 6) is -1.52. The summed E-state index contributed by atoms with van der Waals surface area (Å²) in [6.07, 6.45) is -4.07. The lowest BCUT2D eigenvalue weighted by Gasteiger charge is -2.38. The van der Waals surface area contributed by atoms with Gasteiger partial charge >= 0.3 is 6.18 Å². The number of allylic oxidation sites excluding steroid dienone is 1. The molecule has 40 heavy (non-hydrogen) atoms. The van der Waals surface area contributed by atoms with E-state index in [-0.39, 0.29) is 35.0 Å². The molecule has 3 aromatic carbocycles. The van der Waals surface area contributed by atoms with Gasteiger partial charge in [-0.05, 0) is 60.5 Å². The number of fused-ring (bicyclic) bond motifs is 1. The maximum Gasteiger partial charge on any atom is 0.416 e. The van der Waals surface area contributed by atoms with Gasteiger partial charge in [-0.1, -0.05) is 42.8 Å². The van der Waals surface area contributed by atoms with Crippen LogP contribution in [0.3, 0.4) is 0 Å². The molecule has 0 aliphatic carbocycles. The molecule has 4 rings (SSSR count). The first-order chi connectivity index (χ1) is 18.7. The average Bonchev–Trinajstić information content (AvgIpc) is 2.87. The topological polar surface area (TPSA) is 89.7 Å². The standard InChI is InChI=1S/C28H25ClF4N2O4S/c1-16(12-26(34)36)25-15-35(40(37,38)20-6-3-5-19(14-20)28(31,32)33)23-13-18(9-10-24(23)39-25)11-17(2)27-21(29)7-4-8-22(27)30/h3-11,13-14,16,25H,12,15H2,1-2H3,(H2,34,36)/b17-11+/t16-,25+/m1/s1. The molecule has 3 aromatic rings. The van der Waals surface area contributed by atoms with E-state index >= 15 is 0 Å². The van der Waals surface area contributed by atoms with Crippen LogP contribution in [0.2, 0.25) is 5.02 Å². The molecule has 0 fully saturated rings. The van der Waals surface area contributed by atoms with Crippen LogP contribution in [0.4, 0.5) is 23.2 Å². The number of nitrogens with two attached hydrogens (primary N) is 1. The van der Waals surface area contributed by atoms with Gasteiger partial charge in [0.15, 0.2) is 0 Å². The number of sulfonamides is 1. The predicted octanol–water partition coefficient (Wildman–Crippen LogP) is 6.53. The van der Waals surface area contributed by atoms with Gasteiger partial charge in [-0.15, -0.1) is 0 Å². The molecular weight excluding hydrogens is 572 g/mol. The van der Waals surface area contributed by atoms with Crippen LogP contribution in [0.1, 0.15) is 37.0 Å². The third-order valence-electron chi connectivity index (χ3n) is 6.52. The van der Waals surface area contributed by atoms with Gasteiger partial charge in [0.05, 0.1) is 27.7 Å². The second kappa shape index (κ2) is 11.1. The zero-order valence-corrected chi connectivity index (χ0v) is 22.9. The first-order valence-electron chi connectivity index (χ1n) is 12.1. The van der Waals surface area contributed by atoms with Crippen molar-refractivity contribution in [1.82, 2.24) is 0 Å². The van der Waals surface area contributed by atoms with Gasteiger partial charge in [0, 0.05) is 17.9 Å². The van der Waals surface area contributed by atoms with Gasteiger partial charge in [0.2, 0.25) is 5.91 Å². The lowest BCUT2D eigenvalue weighted by molar-refractivity contribution is -0.137. The van der Waals surface area contributed by atoms with Crippen LogP contribution in [0, 0.1) is 11.7 Å². The second-order valence-corrected chi connectivity index (χ2v) is 11.8. The number of ether oxygens (including phenoxy) is 1. The van der Waals surface area contributed by atoms with Crippen molar-refractivity contribution in [3.63, 3.8) is 0 Å². The van der Waals surface area contributed by atoms with Gasteiger partial charge in [-0.25, -0.2) is 12.8 Å². The van der Waals surface area contributed by atoms with Gasteiger partial charge in [-0.2, -0.15) is 13.2 Å². The molecule has 1 aliphatic rings. The Labute approximate surface area is 234 Å². The maximum atomic E-state index is 14.5. The number of primary amides is 1. The van der Waals surface area contributed by atoms with Crippen LogP contribution in [0.5, 0.6) is 5.75 Å². The molecule has 0 spiro atoms. The minimum Gasteiger partial charge on any atom is -0.486 e. The molecule has 2 atom stereocenters. The number of amides is 1. The second-order valence-electron chi connectivity index (χ2n) is 9.52. The van der Waals surface area contributed by atoms with Crippen molar-refractivity contribution < 1.29 is 35.5 Å². The number of carbonyl (C=O) groups excluding carboxylic acids is 1. The summed E-state index contributed by atoms with van der Waals surface area (Å²) in [7, 11) is -4.53. The number of hydrogen-bond donors (Lipinski definition) is 1. The molecule has 0 radical (unpaired) electrons. The summed E-state index contributed by atoms with van der Waals surface area (Å²) in [5.41, 5.74) is 5.37. The molecule has 12 heteroatoms. The molecule has 0 bridgehead atoms. The van der Waals surface area contributed by atoms with Gasteiger partial charge in [0.1, 0.15) is 17.7 Å². The maximum absolute atomic E-state index is 14.5. The number of hydrogen-bond acceptors (Lipinski definition) is 4. The molecule has 212 valence electrons. The van der Waals surface area contributed by atoms with Crippen molar-refractivity contribution in [2.75, 3.05) is 10.8 Å². The van der Waals surface area contributed by atoms with Crippen molar-refractivity contribution in [3.05, 3.63) is 88.2 Å². The van der Waals surface area contributed by atoms with E-state index in [1.807, 2.05) is 0 Å². The lowest BCUT2D eigenvalue weighted by atomic mass is 9.98. The van der Waals surface area contributed by atoms with Gasteiger partial charge in [-0.3, -0.25) is 9.10 Å². The van der Waals surface area contributed by atoms with Crippen molar-refractivity contribution >= 4 is 44.9 Å². The Morgan fingerprint density at radius 1 is 1.18 bits per heavy atom. The van der Waals surface area contributed by atoms with Crippen LogP contribution in [0.15, 0.2) is 65.6 Å². The normalized spacial score (nSPS) is 16.7. The first kappa shape index (κ1) is 29.4. The Balaban J connectivity index is 1.83. The van der Waals surface area contributed by atoms with Crippen LogP contribution in [-0.2, 0) is 21.0 Å². The fourth-order valence-electron chi connectivity index (χ4n) is 4.51. The molecule has 0 unspecified atom stereocenters. The molecule has 1 heterocycles. The Morgan fingerprint density at radius 3 is 2.52 bits per heavy atom. The number of carbonyl (C=O) groups is 1. The molecule has 2 N–H and O–H groups in total. The van der Waals surface area contributed by atoms with Crippen LogP contribution in [-0.4, -0.2) is 27.0 Å². The van der Waals surface area contributed by atoms with E-state index in [2.05, 4.69) is 0 Å². The van der Waals surface area contributed by atoms with E-state index in [9.17, 15) is 30.8 Å². The van der Waals surface area contributed by atoms with Crippen LogP contribution >= 0.6 is 11.6 Å². The Morgan fingerprint density at radius 2 is 1.88 bits per heavy atom. The molecule has 0 saturated heterocycles. The summed E-state index contributed by atoms with van der Waals surface area (Å²) in [4.78, 5) is 11.0. The molecule has 0 saturated carbocycles. The first-order valence-corrected chi connectivity index (χ1v) is 13.9. The molecule has 1 amide bonds. The quantitative estimate of drug-likeness (QED) is 0.248. The van der Waals surface area contributed by atoms with E-state index in [0.717, 1.165) is 22.5 Å². The van der Waals surface area contributed by atoms with E-state index in [1.54, 1.807) is 26.0 Å². The van der Waals surface area contributed by atoms with E-state index < -0.39 is 50.4 Å². The highest BCUT2D eigenvalue weighted by Gasteiger charge is 2.38. The SMILES string of the molecule is C/C(=C\c1ccc2c(c1)N(S(=O)(=O)c1cccc(C(F)(F)F)c1)C[C@@H]([C@H](C)CC(N)=O)O2)c1c(F)cccc1Cl. The summed E-state index contributed by atoms with van der Waals surface area (Å²) in [5, 5.41) is 0.190. The fourth-order valence-corrected chi connectivity index (χ4v) is 6.35. The Kier molecular flexibility index (Phi) is 8.18. The van der Waals surface area contributed by atoms with Crippen LogP contribution < -0.4 is 14.8 Å². The average molecular weight is 597 g/mol. The molecule has 6 nitrogen and oxygen atoms in total. The highest BCUT2D eigenvalue weighted by molar-refractivity contribution is 7.92. The number of benzene rings is 3. The van der Waals surface area contributed by atoms with Crippen molar-refractivity contribution in [3.8, 4) is 5.75 Å². The van der Waals surface area contributed by atoms with E-state index in [0.29, 0.717) is 17.2 Å². The highest BCUT2D eigenvalue weighted by atomic mass is 35.5. The smallest absolute Gasteiger partial charge is 0.416 e. The Bertz CT molecular complexity index is 1570. The Hall–Kier alpha value is -3.57. The number of alkyl halides is 3. The monoisotopic (exact) mass is 596 g/mol. The number of halogens is 5. The fraction of sp³-hybridized carbons (Fsp3) is 0.250. The van der Waals surface area contributed by atoms with Gasteiger partial charge < -0.3 is 10.5 Å². The zero-order chi connectivity index (χ0) is 29.4.